The van der Waals surface area contributed by atoms with E-state index in [9.17, 15) is 18.0 Å². The summed E-state index contributed by atoms with van der Waals surface area (Å²) in [4.78, 5) is 28.2. The Labute approximate surface area is 163 Å². The number of hydrogen-bond acceptors (Lipinski definition) is 5. The third-order valence-corrected chi connectivity index (χ3v) is 6.60. The first kappa shape index (κ1) is 20.1. The van der Waals surface area contributed by atoms with Crippen molar-refractivity contribution in [2.75, 3.05) is 39.8 Å². The molecule has 2 N–H and O–H groups in total. The summed E-state index contributed by atoms with van der Waals surface area (Å²) >= 11 is 5.97. The summed E-state index contributed by atoms with van der Waals surface area (Å²) < 4.78 is 26.3. The van der Waals surface area contributed by atoms with E-state index in [2.05, 4.69) is 10.0 Å². The van der Waals surface area contributed by atoms with Crippen LogP contribution >= 0.6 is 11.6 Å². The molecule has 0 radical (unpaired) electrons. The summed E-state index contributed by atoms with van der Waals surface area (Å²) in [5, 5.41) is 3.02. The molecular formula is C17H23ClN4O4S. The standard InChI is InChI=1S/C17H23ClN4O4S/c1-19-27(25,26)15-10-12(2-5-14(15)18)17(24)22-8-6-21(7-9-22)11-16(23)20-13-3-4-13/h2,5,10,13,19H,3-4,6-9,11H2,1H3,(H,20,23). The number of nitrogens with one attached hydrogen (secondary N) is 2. The second-order valence-electron chi connectivity index (χ2n) is 6.76. The van der Waals surface area contributed by atoms with Crippen molar-refractivity contribution < 1.29 is 18.0 Å². The van der Waals surface area contributed by atoms with Crippen LogP contribution in [-0.4, -0.2) is 75.8 Å². The molecule has 0 spiro atoms. The number of hydrogen-bond donors (Lipinski definition) is 2. The Morgan fingerprint density at radius 2 is 1.85 bits per heavy atom. The van der Waals surface area contributed by atoms with E-state index in [1.54, 1.807) is 4.90 Å². The molecule has 148 valence electrons. The topological polar surface area (TPSA) is 98.8 Å². The Kier molecular flexibility index (Phi) is 6.05. The lowest BCUT2D eigenvalue weighted by Gasteiger charge is -2.34. The fourth-order valence-electron chi connectivity index (χ4n) is 2.95. The van der Waals surface area contributed by atoms with E-state index in [0.717, 1.165) is 12.8 Å². The molecule has 2 fully saturated rings. The number of sulfonamides is 1. The lowest BCUT2D eigenvalue weighted by Crippen LogP contribution is -2.51. The van der Waals surface area contributed by atoms with Crippen molar-refractivity contribution in [2.24, 2.45) is 0 Å². The average Bonchev–Trinajstić information content (AvgIpc) is 3.46. The zero-order valence-electron chi connectivity index (χ0n) is 15.1. The Balaban J connectivity index is 1.60. The molecule has 1 aromatic rings. The van der Waals surface area contributed by atoms with Crippen molar-refractivity contribution in [2.45, 2.75) is 23.8 Å². The van der Waals surface area contributed by atoms with Crippen LogP contribution in [0.15, 0.2) is 23.1 Å². The van der Waals surface area contributed by atoms with Crippen LogP contribution in [0.25, 0.3) is 0 Å². The SMILES string of the molecule is CNS(=O)(=O)c1cc(C(=O)N2CCN(CC(=O)NC3CC3)CC2)ccc1Cl. The second-order valence-corrected chi connectivity index (χ2v) is 9.03. The lowest BCUT2D eigenvalue weighted by atomic mass is 10.2. The van der Waals surface area contributed by atoms with E-state index < -0.39 is 10.0 Å². The molecule has 3 rings (SSSR count). The third-order valence-electron chi connectivity index (χ3n) is 4.71. The number of piperazine rings is 1. The molecule has 0 unspecified atom stereocenters. The number of benzene rings is 1. The molecule has 0 bridgehead atoms. The van der Waals surface area contributed by atoms with Gasteiger partial charge in [0.2, 0.25) is 15.9 Å². The van der Waals surface area contributed by atoms with Crippen molar-refractivity contribution >= 4 is 33.4 Å². The van der Waals surface area contributed by atoms with Crippen LogP contribution in [0.4, 0.5) is 0 Å². The van der Waals surface area contributed by atoms with E-state index in [4.69, 9.17) is 11.6 Å². The van der Waals surface area contributed by atoms with Gasteiger partial charge in [-0.25, -0.2) is 13.1 Å². The van der Waals surface area contributed by atoms with Gasteiger partial charge in [-0.15, -0.1) is 0 Å². The molecule has 0 aromatic heterocycles. The normalized spacial score (nSPS) is 18.4. The highest BCUT2D eigenvalue weighted by molar-refractivity contribution is 7.89. The first-order chi connectivity index (χ1) is 12.8. The van der Waals surface area contributed by atoms with Gasteiger partial charge >= 0.3 is 0 Å². The van der Waals surface area contributed by atoms with E-state index in [0.29, 0.717) is 38.8 Å². The Morgan fingerprint density at radius 3 is 2.44 bits per heavy atom. The number of nitrogens with zero attached hydrogens (tertiary/aromatic N) is 2. The first-order valence-corrected chi connectivity index (χ1v) is 10.7. The van der Waals surface area contributed by atoms with E-state index in [1.807, 2.05) is 4.90 Å². The summed E-state index contributed by atoms with van der Waals surface area (Å²) in [5.41, 5.74) is 0.271. The van der Waals surface area contributed by atoms with Gasteiger partial charge in [-0.2, -0.15) is 0 Å². The predicted molar refractivity (Wildman–Crippen MR) is 101 cm³/mol. The van der Waals surface area contributed by atoms with Crippen LogP contribution in [0.3, 0.4) is 0 Å². The molecule has 1 aliphatic carbocycles. The van der Waals surface area contributed by atoms with Crippen LogP contribution < -0.4 is 10.0 Å². The zero-order chi connectivity index (χ0) is 19.6. The molecule has 27 heavy (non-hydrogen) atoms. The minimum absolute atomic E-state index is 0.0249. The van der Waals surface area contributed by atoms with Crippen molar-refractivity contribution in [3.8, 4) is 0 Å². The number of halogens is 1. The molecule has 2 amide bonds. The van der Waals surface area contributed by atoms with Gasteiger partial charge < -0.3 is 10.2 Å². The van der Waals surface area contributed by atoms with Gasteiger partial charge in [0.1, 0.15) is 4.90 Å². The molecular weight excluding hydrogens is 392 g/mol. The number of amides is 2. The summed E-state index contributed by atoms with van der Waals surface area (Å²) in [7, 11) is -2.46. The fourth-order valence-corrected chi connectivity index (χ4v) is 4.20. The smallest absolute Gasteiger partial charge is 0.253 e. The van der Waals surface area contributed by atoms with Gasteiger partial charge in [0.15, 0.2) is 0 Å². The monoisotopic (exact) mass is 414 g/mol. The van der Waals surface area contributed by atoms with Gasteiger partial charge in [-0.05, 0) is 38.1 Å². The highest BCUT2D eigenvalue weighted by Gasteiger charge is 2.27. The molecule has 1 aromatic carbocycles. The lowest BCUT2D eigenvalue weighted by molar-refractivity contribution is -0.122. The maximum atomic E-state index is 12.7. The molecule has 2 aliphatic rings. The Bertz CT molecular complexity index is 833. The Morgan fingerprint density at radius 1 is 1.19 bits per heavy atom. The largest absolute Gasteiger partial charge is 0.352 e. The van der Waals surface area contributed by atoms with Crippen LogP contribution in [0.5, 0.6) is 0 Å². The Hall–Kier alpha value is -1.68. The van der Waals surface area contributed by atoms with Gasteiger partial charge in [-0.3, -0.25) is 14.5 Å². The van der Waals surface area contributed by atoms with E-state index in [-0.39, 0.29) is 27.3 Å². The van der Waals surface area contributed by atoms with Crippen molar-refractivity contribution in [3.63, 3.8) is 0 Å². The first-order valence-electron chi connectivity index (χ1n) is 8.84. The molecule has 0 atom stereocenters. The van der Waals surface area contributed by atoms with Crippen molar-refractivity contribution in [1.82, 2.24) is 19.8 Å². The minimum atomic E-state index is -3.75. The van der Waals surface area contributed by atoms with Crippen molar-refractivity contribution in [3.05, 3.63) is 28.8 Å². The van der Waals surface area contributed by atoms with Gasteiger partial charge in [0.25, 0.3) is 5.91 Å². The summed E-state index contributed by atoms with van der Waals surface area (Å²) in [5.74, 6) is -0.224. The van der Waals surface area contributed by atoms with Crippen molar-refractivity contribution in [1.29, 1.82) is 0 Å². The summed E-state index contributed by atoms with van der Waals surface area (Å²) in [6.45, 7) is 2.49. The molecule has 1 heterocycles. The van der Waals surface area contributed by atoms with Gasteiger partial charge in [0.05, 0.1) is 11.6 Å². The van der Waals surface area contributed by atoms with Crippen LogP contribution in [0.1, 0.15) is 23.2 Å². The fraction of sp³-hybridized carbons (Fsp3) is 0.529. The second kappa shape index (κ2) is 8.14. The van der Waals surface area contributed by atoms with E-state index >= 15 is 0 Å². The zero-order valence-corrected chi connectivity index (χ0v) is 16.6. The quantitative estimate of drug-likeness (QED) is 0.696. The summed E-state index contributed by atoms with van der Waals surface area (Å²) in [6, 6.07) is 4.58. The number of rotatable bonds is 6. The molecule has 1 saturated carbocycles. The number of carbonyl (C=O) groups is 2. The minimum Gasteiger partial charge on any atom is -0.352 e. The molecule has 1 saturated heterocycles. The van der Waals surface area contributed by atoms with Gasteiger partial charge in [-0.1, -0.05) is 11.6 Å². The van der Waals surface area contributed by atoms with Crippen LogP contribution in [0.2, 0.25) is 5.02 Å². The highest BCUT2D eigenvalue weighted by Crippen LogP contribution is 2.23. The average molecular weight is 415 g/mol. The highest BCUT2D eigenvalue weighted by atomic mass is 35.5. The molecule has 10 heteroatoms. The molecule has 8 nitrogen and oxygen atoms in total. The van der Waals surface area contributed by atoms with Crippen LogP contribution in [-0.2, 0) is 14.8 Å². The van der Waals surface area contributed by atoms with Gasteiger partial charge in [0, 0.05) is 37.8 Å². The summed E-state index contributed by atoms with van der Waals surface area (Å²) in [6.07, 6.45) is 2.11. The molecule has 1 aliphatic heterocycles. The van der Waals surface area contributed by atoms with Crippen LogP contribution in [0, 0.1) is 0 Å². The maximum absolute atomic E-state index is 12.7. The maximum Gasteiger partial charge on any atom is 0.253 e. The number of carbonyl (C=O) groups excluding carboxylic acids is 2. The van der Waals surface area contributed by atoms with E-state index in [1.165, 1.54) is 25.2 Å². The predicted octanol–water partition coefficient (Wildman–Crippen LogP) is 0.285. The third kappa shape index (κ3) is 4.98.